The highest BCUT2D eigenvalue weighted by Gasteiger charge is 2.11. The van der Waals surface area contributed by atoms with Crippen LogP contribution in [0.15, 0.2) is 30.5 Å². The minimum absolute atomic E-state index is 0.328. The normalized spacial score (nSPS) is 11.3. The van der Waals surface area contributed by atoms with Crippen molar-refractivity contribution in [1.82, 2.24) is 4.98 Å². The third-order valence-electron chi connectivity index (χ3n) is 2.48. The fourth-order valence-electron chi connectivity index (χ4n) is 1.54. The summed E-state index contributed by atoms with van der Waals surface area (Å²) in [5, 5.41) is -0.158. The number of alkyl halides is 1. The van der Waals surface area contributed by atoms with Crippen LogP contribution in [0.5, 0.6) is 5.75 Å². The average molecular weight is 333 g/mol. The summed E-state index contributed by atoms with van der Waals surface area (Å²) in [4.78, 5) is 4.98. The Kier molecular flexibility index (Phi) is 4.85. The van der Waals surface area contributed by atoms with Gasteiger partial charge >= 0.3 is 0 Å². The van der Waals surface area contributed by atoms with Crippen LogP contribution in [-0.2, 0) is 16.4 Å². The Morgan fingerprint density at radius 1 is 1.35 bits per heavy atom. The number of rotatable bonds is 6. The van der Waals surface area contributed by atoms with E-state index in [1.807, 2.05) is 24.3 Å². The topological polar surface area (TPSA) is 68.3 Å². The smallest absolute Gasteiger partial charge is 0.248 e. The predicted octanol–water partition coefficient (Wildman–Crippen LogP) is 2.68. The summed E-state index contributed by atoms with van der Waals surface area (Å²) >= 11 is 6.61. The summed E-state index contributed by atoms with van der Waals surface area (Å²) in [6.45, 7) is 0. The second-order valence-corrected chi connectivity index (χ2v) is 7.40. The zero-order valence-electron chi connectivity index (χ0n) is 10.7. The molecule has 20 heavy (non-hydrogen) atoms. The first-order chi connectivity index (χ1) is 9.52. The number of hydrogen-bond donors (Lipinski definition) is 1. The van der Waals surface area contributed by atoms with E-state index in [9.17, 15) is 8.42 Å². The van der Waals surface area contributed by atoms with Crippen molar-refractivity contribution in [2.75, 3.05) is 17.0 Å². The number of aromatic nitrogens is 1. The minimum Gasteiger partial charge on any atom is -0.497 e. The maximum Gasteiger partial charge on any atom is 0.248 e. The van der Waals surface area contributed by atoms with Crippen molar-refractivity contribution in [2.45, 2.75) is 6.42 Å². The lowest BCUT2D eigenvalue weighted by Gasteiger charge is -2.01. The number of ether oxygens (including phenoxy) is 1. The number of nitrogens with zero attached hydrogens (tertiary/aromatic N) is 1. The van der Waals surface area contributed by atoms with Gasteiger partial charge in [-0.2, -0.15) is 0 Å². The van der Waals surface area contributed by atoms with Crippen LogP contribution in [0.4, 0.5) is 5.13 Å². The zero-order valence-corrected chi connectivity index (χ0v) is 13.1. The van der Waals surface area contributed by atoms with E-state index in [1.165, 1.54) is 11.3 Å². The van der Waals surface area contributed by atoms with Gasteiger partial charge in [-0.05, 0) is 17.7 Å². The number of nitrogens with one attached hydrogen (secondary N) is 1. The minimum atomic E-state index is -3.49. The third kappa shape index (κ3) is 4.09. The second kappa shape index (κ2) is 6.43. The summed E-state index contributed by atoms with van der Waals surface area (Å²) < 4.78 is 30.0. The van der Waals surface area contributed by atoms with Gasteiger partial charge < -0.3 is 4.74 Å². The molecule has 0 amide bonds. The Labute approximate surface area is 126 Å². The molecule has 1 aromatic carbocycles. The molecule has 2 aromatic rings. The molecule has 0 bridgehead atoms. The molecule has 0 atom stereocenters. The van der Waals surface area contributed by atoms with Gasteiger partial charge in [0.2, 0.25) is 10.0 Å². The molecule has 0 spiro atoms. The van der Waals surface area contributed by atoms with Crippen molar-refractivity contribution in [1.29, 1.82) is 0 Å². The van der Waals surface area contributed by atoms with E-state index in [0.29, 0.717) is 11.6 Å². The van der Waals surface area contributed by atoms with E-state index in [4.69, 9.17) is 16.3 Å². The molecule has 2 rings (SSSR count). The predicted molar refractivity (Wildman–Crippen MR) is 81.2 cm³/mol. The molecule has 1 N–H and O–H groups in total. The lowest BCUT2D eigenvalue weighted by Crippen LogP contribution is -2.12. The molecule has 0 aliphatic rings. The van der Waals surface area contributed by atoms with E-state index < -0.39 is 15.2 Å². The van der Waals surface area contributed by atoms with Gasteiger partial charge in [0.25, 0.3) is 0 Å². The van der Waals surface area contributed by atoms with E-state index in [2.05, 4.69) is 9.71 Å². The van der Waals surface area contributed by atoms with Crippen molar-refractivity contribution in [3.8, 4) is 5.75 Å². The zero-order chi connectivity index (χ0) is 14.6. The number of halogens is 1. The van der Waals surface area contributed by atoms with Crippen LogP contribution in [0, 0.1) is 0 Å². The molecule has 0 fully saturated rings. The van der Waals surface area contributed by atoms with Gasteiger partial charge in [0.15, 0.2) is 5.13 Å². The van der Waals surface area contributed by atoms with Crippen molar-refractivity contribution in [2.24, 2.45) is 0 Å². The number of sulfonamides is 1. The van der Waals surface area contributed by atoms with Crippen LogP contribution in [0.2, 0.25) is 0 Å². The Hall–Kier alpha value is -1.31. The highest BCUT2D eigenvalue weighted by molar-refractivity contribution is 7.94. The largest absolute Gasteiger partial charge is 0.497 e. The molecule has 0 saturated heterocycles. The quantitative estimate of drug-likeness (QED) is 0.826. The van der Waals surface area contributed by atoms with Gasteiger partial charge in [0, 0.05) is 17.5 Å². The number of thiazole rings is 1. The Balaban J connectivity index is 2.05. The van der Waals surface area contributed by atoms with Crippen LogP contribution in [0.25, 0.3) is 0 Å². The number of anilines is 1. The van der Waals surface area contributed by atoms with Crippen LogP contribution in [-0.4, -0.2) is 25.7 Å². The van der Waals surface area contributed by atoms with Crippen LogP contribution >= 0.6 is 22.9 Å². The van der Waals surface area contributed by atoms with Crippen molar-refractivity contribution in [3.63, 3.8) is 0 Å². The van der Waals surface area contributed by atoms with E-state index >= 15 is 0 Å². The van der Waals surface area contributed by atoms with E-state index in [1.54, 1.807) is 13.3 Å². The number of benzene rings is 1. The lowest BCUT2D eigenvalue weighted by atomic mass is 10.1. The summed E-state index contributed by atoms with van der Waals surface area (Å²) in [7, 11) is -1.88. The molecule has 0 aliphatic heterocycles. The SMILES string of the molecule is COc1ccc(Cc2cnc(NS(=O)(=O)CCl)s2)cc1. The molecular weight excluding hydrogens is 320 g/mol. The summed E-state index contributed by atoms with van der Waals surface area (Å²) in [6, 6.07) is 7.68. The highest BCUT2D eigenvalue weighted by Crippen LogP contribution is 2.23. The van der Waals surface area contributed by atoms with Gasteiger partial charge in [-0.1, -0.05) is 12.1 Å². The lowest BCUT2D eigenvalue weighted by molar-refractivity contribution is 0.414. The first-order valence-electron chi connectivity index (χ1n) is 5.66. The van der Waals surface area contributed by atoms with E-state index in [-0.39, 0.29) is 0 Å². The van der Waals surface area contributed by atoms with Crippen LogP contribution < -0.4 is 9.46 Å². The second-order valence-electron chi connectivity index (χ2n) is 3.98. The molecule has 5 nitrogen and oxygen atoms in total. The molecular formula is C12H13ClN2O3S2. The average Bonchev–Trinajstić information content (AvgIpc) is 2.86. The van der Waals surface area contributed by atoms with Crippen LogP contribution in [0.3, 0.4) is 0 Å². The van der Waals surface area contributed by atoms with Crippen molar-refractivity contribution < 1.29 is 13.2 Å². The first kappa shape index (κ1) is 15.1. The van der Waals surface area contributed by atoms with Gasteiger partial charge in [-0.15, -0.1) is 22.9 Å². The van der Waals surface area contributed by atoms with Gasteiger partial charge in [-0.3, -0.25) is 4.72 Å². The molecule has 1 aromatic heterocycles. The molecule has 0 aliphatic carbocycles. The molecule has 0 unspecified atom stereocenters. The van der Waals surface area contributed by atoms with Gasteiger partial charge in [0.05, 0.1) is 7.11 Å². The molecule has 0 radical (unpaired) electrons. The summed E-state index contributed by atoms with van der Waals surface area (Å²) in [5.74, 6) is 0.800. The summed E-state index contributed by atoms with van der Waals surface area (Å²) in [6.07, 6.45) is 2.34. The molecule has 1 heterocycles. The molecule has 8 heteroatoms. The first-order valence-corrected chi connectivity index (χ1v) is 8.67. The van der Waals surface area contributed by atoms with Gasteiger partial charge in [-0.25, -0.2) is 13.4 Å². The fourth-order valence-corrected chi connectivity index (χ4v) is 3.32. The maximum absolute atomic E-state index is 11.3. The molecule has 108 valence electrons. The van der Waals surface area contributed by atoms with Crippen molar-refractivity contribution in [3.05, 3.63) is 40.9 Å². The fraction of sp³-hybridized carbons (Fsp3) is 0.250. The van der Waals surface area contributed by atoms with E-state index in [0.717, 1.165) is 16.2 Å². The maximum atomic E-state index is 11.3. The number of methoxy groups -OCH3 is 1. The van der Waals surface area contributed by atoms with Gasteiger partial charge in [0.1, 0.15) is 11.0 Å². The van der Waals surface area contributed by atoms with Crippen molar-refractivity contribution >= 4 is 38.1 Å². The van der Waals surface area contributed by atoms with Crippen LogP contribution in [0.1, 0.15) is 10.4 Å². The Morgan fingerprint density at radius 3 is 2.65 bits per heavy atom. The Bertz CT molecular complexity index is 668. The standard InChI is InChI=1S/C12H13ClN2O3S2/c1-18-10-4-2-9(3-5-10)6-11-7-14-12(19-11)15-20(16,17)8-13/h2-5,7H,6,8H2,1H3,(H,14,15). The molecule has 0 saturated carbocycles. The highest BCUT2D eigenvalue weighted by atomic mass is 35.5. The third-order valence-corrected chi connectivity index (χ3v) is 5.17. The monoisotopic (exact) mass is 332 g/mol. The summed E-state index contributed by atoms with van der Waals surface area (Å²) in [5.41, 5.74) is 1.10. The Morgan fingerprint density at radius 2 is 2.05 bits per heavy atom. The number of hydrogen-bond acceptors (Lipinski definition) is 5.